The summed E-state index contributed by atoms with van der Waals surface area (Å²) >= 11 is 17.6. The van der Waals surface area contributed by atoms with Crippen LogP contribution in [0.1, 0.15) is 16.1 Å². The third-order valence-electron chi connectivity index (χ3n) is 2.74. The molecule has 0 unspecified atom stereocenters. The van der Waals surface area contributed by atoms with Crippen LogP contribution in [0, 0.1) is 6.92 Å². The Morgan fingerprint density at radius 2 is 1.87 bits per heavy atom. The molecule has 1 aromatic carbocycles. The first kappa shape index (κ1) is 17.3. The number of esters is 1. The molecule has 0 atom stereocenters. The second-order valence-corrected chi connectivity index (χ2v) is 5.68. The van der Waals surface area contributed by atoms with E-state index in [0.717, 1.165) is 0 Å². The first-order valence-electron chi connectivity index (χ1n) is 6.16. The number of rotatable bonds is 4. The quantitative estimate of drug-likeness (QED) is 0.487. The fraction of sp³-hybridized carbons (Fsp3) is 0.0714. The molecule has 2 aromatic rings. The van der Waals surface area contributed by atoms with Gasteiger partial charge >= 0.3 is 5.97 Å². The van der Waals surface area contributed by atoms with Gasteiger partial charge in [0.2, 0.25) is 0 Å². The van der Waals surface area contributed by atoms with Gasteiger partial charge in [-0.3, -0.25) is 9.89 Å². The van der Waals surface area contributed by atoms with E-state index in [2.05, 4.69) is 22.1 Å². The number of aromatic nitrogens is 2. The fourth-order valence-electron chi connectivity index (χ4n) is 1.62. The molecule has 23 heavy (non-hydrogen) atoms. The van der Waals surface area contributed by atoms with Gasteiger partial charge in [-0.15, -0.1) is 0 Å². The number of hydrogen-bond donors (Lipinski definition) is 2. The third kappa shape index (κ3) is 4.04. The molecule has 1 aromatic heterocycles. The Balaban J connectivity index is 2.08. The number of benzene rings is 1. The van der Waals surface area contributed by atoms with Crippen molar-refractivity contribution in [3.8, 4) is 5.75 Å². The van der Waals surface area contributed by atoms with Crippen LogP contribution in [0.15, 0.2) is 30.6 Å². The van der Waals surface area contributed by atoms with Crippen molar-refractivity contribution in [2.45, 2.75) is 6.92 Å². The van der Waals surface area contributed by atoms with E-state index in [-0.39, 0.29) is 27.1 Å². The van der Waals surface area contributed by atoms with E-state index in [4.69, 9.17) is 39.5 Å². The van der Waals surface area contributed by atoms with Crippen molar-refractivity contribution < 1.29 is 14.3 Å². The van der Waals surface area contributed by atoms with Gasteiger partial charge in [0.25, 0.3) is 5.91 Å². The fourth-order valence-corrected chi connectivity index (χ4v) is 2.51. The van der Waals surface area contributed by atoms with Gasteiger partial charge < -0.3 is 10.1 Å². The van der Waals surface area contributed by atoms with Crippen molar-refractivity contribution in [3.05, 3.63) is 56.9 Å². The van der Waals surface area contributed by atoms with Crippen LogP contribution in [-0.2, 0) is 4.79 Å². The lowest BCUT2D eigenvalue weighted by molar-refractivity contribution is -0.130. The van der Waals surface area contributed by atoms with Gasteiger partial charge in [0.15, 0.2) is 5.75 Å². The Morgan fingerprint density at radius 1 is 1.26 bits per heavy atom. The van der Waals surface area contributed by atoms with E-state index < -0.39 is 11.9 Å². The van der Waals surface area contributed by atoms with Gasteiger partial charge in [-0.1, -0.05) is 41.4 Å². The number of ether oxygens (including phenoxy) is 1. The van der Waals surface area contributed by atoms with Crippen molar-refractivity contribution in [2.75, 3.05) is 0 Å². The zero-order valence-corrected chi connectivity index (χ0v) is 14.0. The van der Waals surface area contributed by atoms with E-state index in [1.165, 1.54) is 18.3 Å². The molecular weight excluding hydrogens is 365 g/mol. The van der Waals surface area contributed by atoms with Crippen LogP contribution in [0.2, 0.25) is 15.1 Å². The summed E-state index contributed by atoms with van der Waals surface area (Å²) in [5.41, 5.74) is 0.548. The summed E-state index contributed by atoms with van der Waals surface area (Å²) < 4.78 is 5.04. The first-order valence-corrected chi connectivity index (χ1v) is 7.30. The van der Waals surface area contributed by atoms with Gasteiger partial charge in [0.05, 0.1) is 21.8 Å². The van der Waals surface area contributed by atoms with Crippen LogP contribution >= 0.6 is 34.8 Å². The maximum Gasteiger partial charge on any atom is 0.359 e. The van der Waals surface area contributed by atoms with Crippen LogP contribution in [0.5, 0.6) is 5.75 Å². The topological polar surface area (TPSA) is 84.1 Å². The second kappa shape index (κ2) is 7.04. The lowest BCUT2D eigenvalue weighted by Gasteiger charge is -2.11. The van der Waals surface area contributed by atoms with Crippen molar-refractivity contribution in [1.82, 2.24) is 15.5 Å². The highest BCUT2D eigenvalue weighted by molar-refractivity contribution is 6.40. The number of nitrogens with zero attached hydrogens (tertiary/aromatic N) is 1. The van der Waals surface area contributed by atoms with Crippen molar-refractivity contribution in [1.29, 1.82) is 0 Å². The highest BCUT2D eigenvalue weighted by Gasteiger charge is 2.19. The predicted molar refractivity (Wildman–Crippen MR) is 87.0 cm³/mol. The van der Waals surface area contributed by atoms with Crippen molar-refractivity contribution in [3.63, 3.8) is 0 Å². The Morgan fingerprint density at radius 3 is 2.39 bits per heavy atom. The molecule has 0 spiro atoms. The highest BCUT2D eigenvalue weighted by atomic mass is 35.5. The van der Waals surface area contributed by atoms with E-state index in [9.17, 15) is 9.59 Å². The number of halogens is 3. The summed E-state index contributed by atoms with van der Waals surface area (Å²) in [5, 5.41) is 9.04. The van der Waals surface area contributed by atoms with Crippen LogP contribution in [-0.4, -0.2) is 22.1 Å². The lowest BCUT2D eigenvalue weighted by atomic mass is 10.2. The minimum Gasteiger partial charge on any atom is -0.419 e. The number of hydrogen-bond acceptors (Lipinski definition) is 4. The average Bonchev–Trinajstić information content (AvgIpc) is 2.88. The van der Waals surface area contributed by atoms with E-state index in [1.807, 2.05) is 0 Å². The number of aromatic amines is 1. The van der Waals surface area contributed by atoms with E-state index in [0.29, 0.717) is 10.7 Å². The molecule has 1 amide bonds. The third-order valence-corrected chi connectivity index (χ3v) is 3.52. The highest BCUT2D eigenvalue weighted by Crippen LogP contribution is 2.36. The van der Waals surface area contributed by atoms with E-state index >= 15 is 0 Å². The SMILES string of the molecule is C=C(NC(=O)c1cn[nH]c1C)C(=O)Oc1c(Cl)cc(Cl)cc1Cl. The molecule has 0 radical (unpaired) electrons. The minimum atomic E-state index is -0.911. The molecule has 0 aliphatic carbocycles. The molecule has 0 saturated carbocycles. The van der Waals surface area contributed by atoms with E-state index in [1.54, 1.807) is 6.92 Å². The lowest BCUT2D eigenvalue weighted by Crippen LogP contribution is -2.29. The van der Waals surface area contributed by atoms with Crippen LogP contribution in [0.4, 0.5) is 0 Å². The zero-order valence-electron chi connectivity index (χ0n) is 11.7. The first-order chi connectivity index (χ1) is 10.8. The molecule has 0 bridgehead atoms. The second-order valence-electron chi connectivity index (χ2n) is 4.43. The molecule has 1 heterocycles. The minimum absolute atomic E-state index is 0.0562. The normalized spacial score (nSPS) is 10.3. The Bertz CT molecular complexity index is 779. The zero-order chi connectivity index (χ0) is 17.1. The number of amides is 1. The molecule has 0 aliphatic rings. The molecule has 9 heteroatoms. The van der Waals surface area contributed by atoms with Gasteiger partial charge in [-0.05, 0) is 19.1 Å². The molecule has 0 aliphatic heterocycles. The number of carbonyl (C=O) groups excluding carboxylic acids is 2. The summed E-state index contributed by atoms with van der Waals surface area (Å²) in [6.45, 7) is 5.12. The molecule has 2 N–H and O–H groups in total. The van der Waals surface area contributed by atoms with Crippen LogP contribution in [0.25, 0.3) is 0 Å². The van der Waals surface area contributed by atoms with Gasteiger partial charge in [0, 0.05) is 10.7 Å². The largest absolute Gasteiger partial charge is 0.419 e. The van der Waals surface area contributed by atoms with Gasteiger partial charge in [0.1, 0.15) is 5.70 Å². The molecular formula is C14H10Cl3N3O3. The summed E-state index contributed by atoms with van der Waals surface area (Å²) in [6, 6.07) is 2.74. The molecule has 6 nitrogen and oxygen atoms in total. The van der Waals surface area contributed by atoms with Crippen molar-refractivity contribution >= 4 is 46.7 Å². The van der Waals surface area contributed by atoms with Gasteiger partial charge in [-0.25, -0.2) is 4.79 Å². The van der Waals surface area contributed by atoms with Crippen molar-refractivity contribution in [2.24, 2.45) is 0 Å². The summed E-state index contributed by atoms with van der Waals surface area (Å²) in [7, 11) is 0. The summed E-state index contributed by atoms with van der Waals surface area (Å²) in [4.78, 5) is 23.9. The Labute approximate surface area is 146 Å². The standard InChI is InChI=1S/C14H10Cl3N3O3/c1-6-9(5-18-20-6)13(21)19-7(2)14(22)23-12-10(16)3-8(15)4-11(12)17/h3-5H,2H2,1H3,(H,18,20)(H,19,21). The maximum absolute atomic E-state index is 12.0. The number of nitrogens with one attached hydrogen (secondary N) is 2. The number of H-pyrrole nitrogens is 1. The monoisotopic (exact) mass is 373 g/mol. The summed E-state index contributed by atoms with van der Waals surface area (Å²) in [5.74, 6) is -1.53. The average molecular weight is 375 g/mol. The predicted octanol–water partition coefficient (Wildman–Crippen LogP) is 3.53. The summed E-state index contributed by atoms with van der Waals surface area (Å²) in [6.07, 6.45) is 1.33. The van der Waals surface area contributed by atoms with Crippen LogP contribution < -0.4 is 10.1 Å². The maximum atomic E-state index is 12.0. The molecule has 0 fully saturated rings. The smallest absolute Gasteiger partial charge is 0.359 e. The number of aryl methyl sites for hydroxylation is 1. The Kier molecular flexibility index (Phi) is 5.30. The Hall–Kier alpha value is -2.02. The molecule has 120 valence electrons. The van der Waals surface area contributed by atoms with Gasteiger partial charge in [-0.2, -0.15) is 5.10 Å². The molecule has 2 rings (SSSR count). The molecule has 0 saturated heterocycles. The van der Waals surface area contributed by atoms with Crippen LogP contribution in [0.3, 0.4) is 0 Å². The number of carbonyl (C=O) groups is 2.